The standard InChI is InChI=1S/C17H22N2O4S2/c1-5-14-10-18-16(24-14)19-15(20)12-7-6-8-13(9-12)23-25(21,22)11-17(2,3)4/h6-10H,5,11H2,1-4H3,(H,18,19,20). The topological polar surface area (TPSA) is 85.4 Å². The highest BCUT2D eigenvalue weighted by atomic mass is 32.2. The maximum absolute atomic E-state index is 12.3. The van der Waals surface area contributed by atoms with Crippen LogP contribution in [-0.4, -0.2) is 25.1 Å². The fraction of sp³-hybridized carbons (Fsp3) is 0.412. The lowest BCUT2D eigenvalue weighted by Gasteiger charge is -2.18. The van der Waals surface area contributed by atoms with Gasteiger partial charge in [0.1, 0.15) is 5.75 Å². The van der Waals surface area contributed by atoms with Crippen LogP contribution in [0.2, 0.25) is 0 Å². The van der Waals surface area contributed by atoms with Gasteiger partial charge in [0.05, 0.1) is 5.75 Å². The second-order valence-electron chi connectivity index (χ2n) is 6.81. The molecule has 1 aromatic heterocycles. The molecule has 0 aliphatic rings. The van der Waals surface area contributed by atoms with Gasteiger partial charge in [0.15, 0.2) is 5.13 Å². The molecule has 0 saturated carbocycles. The van der Waals surface area contributed by atoms with Crippen LogP contribution in [0.15, 0.2) is 30.5 Å². The molecule has 0 bridgehead atoms. The number of benzene rings is 1. The highest BCUT2D eigenvalue weighted by Crippen LogP contribution is 2.22. The van der Waals surface area contributed by atoms with Crippen molar-refractivity contribution in [3.63, 3.8) is 0 Å². The summed E-state index contributed by atoms with van der Waals surface area (Å²) in [5, 5.41) is 3.21. The van der Waals surface area contributed by atoms with Crippen molar-refractivity contribution in [1.29, 1.82) is 0 Å². The van der Waals surface area contributed by atoms with Gasteiger partial charge in [-0.2, -0.15) is 8.42 Å². The van der Waals surface area contributed by atoms with E-state index in [4.69, 9.17) is 4.18 Å². The summed E-state index contributed by atoms with van der Waals surface area (Å²) in [4.78, 5) is 17.5. The molecule has 136 valence electrons. The van der Waals surface area contributed by atoms with E-state index in [1.807, 2.05) is 27.7 Å². The molecule has 0 fully saturated rings. The average molecular weight is 383 g/mol. The van der Waals surface area contributed by atoms with E-state index in [0.717, 1.165) is 11.3 Å². The maximum atomic E-state index is 12.3. The van der Waals surface area contributed by atoms with Gasteiger partial charge in [-0.05, 0) is 30.0 Å². The van der Waals surface area contributed by atoms with E-state index in [1.54, 1.807) is 18.3 Å². The molecule has 0 unspecified atom stereocenters. The number of nitrogens with zero attached hydrogens (tertiary/aromatic N) is 1. The Bertz CT molecular complexity index is 852. The minimum atomic E-state index is -3.74. The van der Waals surface area contributed by atoms with Crippen molar-refractivity contribution in [3.05, 3.63) is 40.9 Å². The summed E-state index contributed by atoms with van der Waals surface area (Å²) in [6.07, 6.45) is 2.57. The Kier molecular flexibility index (Phi) is 5.84. The second kappa shape index (κ2) is 7.53. The summed E-state index contributed by atoms with van der Waals surface area (Å²) in [7, 11) is -3.74. The normalized spacial score (nSPS) is 12.0. The van der Waals surface area contributed by atoms with Crippen LogP contribution in [0, 0.1) is 5.41 Å². The highest BCUT2D eigenvalue weighted by molar-refractivity contribution is 7.87. The molecule has 0 spiro atoms. The zero-order chi connectivity index (χ0) is 18.7. The smallest absolute Gasteiger partial charge is 0.309 e. The number of aromatic nitrogens is 1. The zero-order valence-electron chi connectivity index (χ0n) is 14.7. The van der Waals surface area contributed by atoms with E-state index in [1.165, 1.54) is 23.5 Å². The van der Waals surface area contributed by atoms with E-state index in [-0.39, 0.29) is 17.4 Å². The minimum absolute atomic E-state index is 0.116. The zero-order valence-corrected chi connectivity index (χ0v) is 16.3. The van der Waals surface area contributed by atoms with Crippen molar-refractivity contribution in [3.8, 4) is 5.75 Å². The Labute approximate surface area is 152 Å². The predicted molar refractivity (Wildman–Crippen MR) is 99.8 cm³/mol. The van der Waals surface area contributed by atoms with E-state index >= 15 is 0 Å². The molecule has 25 heavy (non-hydrogen) atoms. The number of aryl methyl sites for hydroxylation is 1. The van der Waals surface area contributed by atoms with Gasteiger partial charge in [0, 0.05) is 16.6 Å². The SMILES string of the molecule is CCc1cnc(NC(=O)c2cccc(OS(=O)(=O)CC(C)(C)C)c2)s1. The lowest BCUT2D eigenvalue weighted by atomic mass is 10.0. The summed E-state index contributed by atoms with van der Waals surface area (Å²) in [5.41, 5.74) is -0.118. The molecule has 1 heterocycles. The van der Waals surface area contributed by atoms with Gasteiger partial charge < -0.3 is 4.18 Å². The van der Waals surface area contributed by atoms with Crippen molar-refractivity contribution >= 4 is 32.5 Å². The van der Waals surface area contributed by atoms with E-state index in [0.29, 0.717) is 10.7 Å². The third-order valence-corrected chi connectivity index (χ3v) is 5.77. The van der Waals surface area contributed by atoms with Crippen molar-refractivity contribution in [2.75, 3.05) is 11.1 Å². The molecule has 1 aromatic carbocycles. The molecule has 1 amide bonds. The van der Waals surface area contributed by atoms with Gasteiger partial charge in [-0.1, -0.05) is 33.8 Å². The Morgan fingerprint density at radius 2 is 2.04 bits per heavy atom. The molecule has 0 radical (unpaired) electrons. The average Bonchev–Trinajstić information content (AvgIpc) is 2.92. The Balaban J connectivity index is 2.11. The number of rotatable bonds is 6. The van der Waals surface area contributed by atoms with Crippen LogP contribution in [0.5, 0.6) is 5.75 Å². The van der Waals surface area contributed by atoms with Gasteiger partial charge in [-0.25, -0.2) is 4.98 Å². The van der Waals surface area contributed by atoms with Crippen molar-refractivity contribution in [2.24, 2.45) is 5.41 Å². The third-order valence-electron chi connectivity index (χ3n) is 3.05. The monoisotopic (exact) mass is 382 g/mol. The first-order valence-corrected chi connectivity index (χ1v) is 10.3. The third kappa shape index (κ3) is 6.13. The molecule has 0 atom stereocenters. The number of nitrogens with one attached hydrogen (secondary N) is 1. The highest BCUT2D eigenvalue weighted by Gasteiger charge is 2.23. The van der Waals surface area contributed by atoms with E-state index < -0.39 is 15.5 Å². The molecule has 2 aromatic rings. The fourth-order valence-corrected chi connectivity index (χ4v) is 4.36. The molecular weight excluding hydrogens is 360 g/mol. The lowest BCUT2D eigenvalue weighted by molar-refractivity contribution is 0.102. The van der Waals surface area contributed by atoms with Crippen LogP contribution in [0.4, 0.5) is 5.13 Å². The van der Waals surface area contributed by atoms with Crippen LogP contribution in [0.3, 0.4) is 0 Å². The molecule has 1 N–H and O–H groups in total. The number of carbonyl (C=O) groups excluding carboxylic acids is 1. The molecule has 0 aliphatic heterocycles. The van der Waals surface area contributed by atoms with Crippen LogP contribution in [0.25, 0.3) is 0 Å². The van der Waals surface area contributed by atoms with Crippen molar-refractivity contribution in [2.45, 2.75) is 34.1 Å². The van der Waals surface area contributed by atoms with Gasteiger partial charge in [0.25, 0.3) is 5.91 Å². The predicted octanol–water partition coefficient (Wildman–Crippen LogP) is 3.71. The molecule has 2 rings (SSSR count). The number of thiazole rings is 1. The molecule has 8 heteroatoms. The van der Waals surface area contributed by atoms with Crippen molar-refractivity contribution in [1.82, 2.24) is 4.98 Å². The first-order valence-electron chi connectivity index (χ1n) is 7.86. The number of carbonyl (C=O) groups is 1. The maximum Gasteiger partial charge on any atom is 0.309 e. The summed E-state index contributed by atoms with van der Waals surface area (Å²) in [6, 6.07) is 6.09. The Morgan fingerprint density at radius 3 is 2.64 bits per heavy atom. The summed E-state index contributed by atoms with van der Waals surface area (Å²) in [5.74, 6) is -0.365. The fourth-order valence-electron chi connectivity index (χ4n) is 2.09. The molecule has 6 nitrogen and oxygen atoms in total. The number of hydrogen-bond donors (Lipinski definition) is 1. The molecule has 0 aliphatic carbocycles. The van der Waals surface area contributed by atoms with E-state index in [9.17, 15) is 13.2 Å². The number of hydrogen-bond acceptors (Lipinski definition) is 6. The van der Waals surface area contributed by atoms with Crippen molar-refractivity contribution < 1.29 is 17.4 Å². The van der Waals surface area contributed by atoms with Gasteiger partial charge in [-0.15, -0.1) is 11.3 Å². The van der Waals surface area contributed by atoms with Gasteiger partial charge in [0.2, 0.25) is 0 Å². The molecular formula is C17H22N2O4S2. The number of amides is 1. The quantitative estimate of drug-likeness (QED) is 0.770. The summed E-state index contributed by atoms with van der Waals surface area (Å²) in [6.45, 7) is 7.46. The minimum Gasteiger partial charge on any atom is -0.382 e. The van der Waals surface area contributed by atoms with Crippen LogP contribution in [-0.2, 0) is 16.5 Å². The van der Waals surface area contributed by atoms with Crippen LogP contribution < -0.4 is 9.50 Å². The first-order chi connectivity index (χ1) is 11.6. The van der Waals surface area contributed by atoms with Crippen LogP contribution >= 0.6 is 11.3 Å². The second-order valence-corrected chi connectivity index (χ2v) is 9.50. The van der Waals surface area contributed by atoms with E-state index in [2.05, 4.69) is 10.3 Å². The number of anilines is 1. The van der Waals surface area contributed by atoms with Gasteiger partial charge in [-0.3, -0.25) is 10.1 Å². The Morgan fingerprint density at radius 1 is 1.32 bits per heavy atom. The largest absolute Gasteiger partial charge is 0.382 e. The van der Waals surface area contributed by atoms with Crippen LogP contribution in [0.1, 0.15) is 42.9 Å². The first kappa shape index (κ1) is 19.4. The lowest BCUT2D eigenvalue weighted by Crippen LogP contribution is -2.24. The summed E-state index contributed by atoms with van der Waals surface area (Å²) < 4.78 is 29.3. The molecule has 0 saturated heterocycles. The summed E-state index contributed by atoms with van der Waals surface area (Å²) >= 11 is 1.41. The van der Waals surface area contributed by atoms with Gasteiger partial charge >= 0.3 is 10.1 Å². The Hall–Kier alpha value is -1.93.